The van der Waals surface area contributed by atoms with Gasteiger partial charge < -0.3 is 0 Å². The largest absolute Gasteiger partial charge is 0.0839 e. The van der Waals surface area contributed by atoms with E-state index in [1.807, 2.05) is 0 Å². The Hall–Kier alpha value is -0.780. The molecule has 0 spiro atoms. The van der Waals surface area contributed by atoms with Crippen LogP contribution in [0.15, 0.2) is 36.0 Å². The van der Waals surface area contributed by atoms with Crippen LogP contribution in [0.5, 0.6) is 0 Å². The number of allylic oxidation sites excluding steroid dienone is 6. The number of hydrogen-bond acceptors (Lipinski definition) is 0. The molecule has 0 saturated heterocycles. The van der Waals surface area contributed by atoms with Crippen LogP contribution in [-0.4, -0.2) is 0 Å². The molecular formula is C10H10. The minimum Gasteiger partial charge on any atom is -0.0839 e. The van der Waals surface area contributed by atoms with Crippen molar-refractivity contribution in [1.82, 2.24) is 0 Å². The van der Waals surface area contributed by atoms with E-state index in [-0.39, 0.29) is 0 Å². The van der Waals surface area contributed by atoms with E-state index in [2.05, 4.69) is 30.4 Å². The van der Waals surface area contributed by atoms with Crippen molar-refractivity contribution in [1.29, 1.82) is 0 Å². The third-order valence-corrected chi connectivity index (χ3v) is 2.98. The third-order valence-electron chi connectivity index (χ3n) is 2.98. The van der Waals surface area contributed by atoms with Gasteiger partial charge in [0.1, 0.15) is 0 Å². The number of hydrogen-bond donors (Lipinski definition) is 0. The van der Waals surface area contributed by atoms with Gasteiger partial charge in [0.2, 0.25) is 0 Å². The van der Waals surface area contributed by atoms with E-state index < -0.39 is 0 Å². The summed E-state index contributed by atoms with van der Waals surface area (Å²) in [5.41, 5.74) is 1.60. The fraction of sp³-hybridized carbons (Fsp3) is 0.400. The minimum absolute atomic E-state index is 0.763. The lowest BCUT2D eigenvalue weighted by atomic mass is 9.92. The Morgan fingerprint density at radius 3 is 3.20 bits per heavy atom. The van der Waals surface area contributed by atoms with Gasteiger partial charge in [0.15, 0.2) is 0 Å². The highest BCUT2D eigenvalue weighted by atomic mass is 14.4. The van der Waals surface area contributed by atoms with E-state index in [4.69, 9.17) is 0 Å². The van der Waals surface area contributed by atoms with Crippen LogP contribution < -0.4 is 0 Å². The number of rotatable bonds is 0. The van der Waals surface area contributed by atoms with E-state index in [0.29, 0.717) is 0 Å². The van der Waals surface area contributed by atoms with Gasteiger partial charge in [-0.2, -0.15) is 0 Å². The van der Waals surface area contributed by atoms with Gasteiger partial charge >= 0.3 is 0 Å². The Morgan fingerprint density at radius 2 is 2.20 bits per heavy atom. The first kappa shape index (κ1) is 4.95. The highest BCUT2D eigenvalue weighted by Crippen LogP contribution is 2.48. The maximum Gasteiger partial charge on any atom is 0.00243 e. The normalized spacial score (nSPS) is 46.4. The van der Waals surface area contributed by atoms with Crippen molar-refractivity contribution in [2.45, 2.75) is 6.42 Å². The first-order chi connectivity index (χ1) is 4.95. The maximum atomic E-state index is 2.40. The van der Waals surface area contributed by atoms with Crippen LogP contribution >= 0.6 is 0 Å². The molecule has 0 radical (unpaired) electrons. The molecule has 50 valence electrons. The van der Waals surface area contributed by atoms with Crippen molar-refractivity contribution in [2.24, 2.45) is 17.8 Å². The molecule has 3 aliphatic rings. The summed E-state index contributed by atoms with van der Waals surface area (Å²) >= 11 is 0. The highest BCUT2D eigenvalue weighted by molar-refractivity contribution is 5.41. The van der Waals surface area contributed by atoms with Gasteiger partial charge in [0.25, 0.3) is 0 Å². The van der Waals surface area contributed by atoms with Crippen LogP contribution in [0.3, 0.4) is 0 Å². The van der Waals surface area contributed by atoms with E-state index in [9.17, 15) is 0 Å². The van der Waals surface area contributed by atoms with Crippen LogP contribution in [0, 0.1) is 17.8 Å². The van der Waals surface area contributed by atoms with Crippen molar-refractivity contribution >= 4 is 0 Å². The monoisotopic (exact) mass is 130 g/mol. The molecule has 3 atom stereocenters. The molecular weight excluding hydrogens is 120 g/mol. The van der Waals surface area contributed by atoms with Gasteiger partial charge in [-0.25, -0.2) is 0 Å². The summed E-state index contributed by atoms with van der Waals surface area (Å²) < 4.78 is 0. The summed E-state index contributed by atoms with van der Waals surface area (Å²) in [6, 6.07) is 0. The van der Waals surface area contributed by atoms with Crippen LogP contribution in [0.2, 0.25) is 0 Å². The molecule has 3 rings (SSSR count). The van der Waals surface area contributed by atoms with Gasteiger partial charge in [-0.1, -0.05) is 30.4 Å². The van der Waals surface area contributed by atoms with Gasteiger partial charge in [-0.15, -0.1) is 0 Å². The Labute approximate surface area is 60.9 Å². The molecule has 0 unspecified atom stereocenters. The zero-order valence-electron chi connectivity index (χ0n) is 5.83. The topological polar surface area (TPSA) is 0 Å². The maximum absolute atomic E-state index is 2.40. The minimum atomic E-state index is 0.763. The Bertz CT molecular complexity index is 255. The fourth-order valence-electron chi connectivity index (χ4n) is 2.48. The van der Waals surface area contributed by atoms with Gasteiger partial charge in [-0.3, -0.25) is 0 Å². The lowest BCUT2D eigenvalue weighted by molar-refractivity contribution is 0.489. The molecule has 0 heteroatoms. The van der Waals surface area contributed by atoms with E-state index in [0.717, 1.165) is 17.8 Å². The van der Waals surface area contributed by atoms with E-state index >= 15 is 0 Å². The zero-order valence-corrected chi connectivity index (χ0v) is 5.83. The predicted molar refractivity (Wildman–Crippen MR) is 41.5 cm³/mol. The molecule has 0 aliphatic heterocycles. The fourth-order valence-corrected chi connectivity index (χ4v) is 2.48. The second-order valence-corrected chi connectivity index (χ2v) is 3.45. The first-order valence-electron chi connectivity index (χ1n) is 4.02. The summed E-state index contributed by atoms with van der Waals surface area (Å²) in [7, 11) is 0. The Balaban J connectivity index is 2.16. The predicted octanol–water partition coefficient (Wildman–Crippen LogP) is 2.30. The first-order valence-corrected chi connectivity index (χ1v) is 4.02. The lowest BCUT2D eigenvalue weighted by Gasteiger charge is -2.11. The molecule has 0 aromatic heterocycles. The smallest absolute Gasteiger partial charge is 0.00243 e. The third kappa shape index (κ3) is 0.406. The molecule has 0 nitrogen and oxygen atoms in total. The Morgan fingerprint density at radius 1 is 1.20 bits per heavy atom. The molecule has 3 aliphatic carbocycles. The highest BCUT2D eigenvalue weighted by Gasteiger charge is 2.37. The SMILES string of the molecule is C1=C[C@H]2C=C[C@@H]3CC=C1[C@@H]23. The average molecular weight is 130 g/mol. The van der Waals surface area contributed by atoms with E-state index in [1.165, 1.54) is 6.42 Å². The van der Waals surface area contributed by atoms with E-state index in [1.54, 1.807) is 5.57 Å². The Kier molecular flexibility index (Phi) is 0.715. The average Bonchev–Trinajstić information content (AvgIpc) is 2.56. The molecule has 0 aromatic rings. The quantitative estimate of drug-likeness (QED) is 0.441. The molecule has 0 amide bonds. The van der Waals surface area contributed by atoms with Crippen LogP contribution in [0.25, 0.3) is 0 Å². The van der Waals surface area contributed by atoms with Crippen LogP contribution in [0.1, 0.15) is 6.42 Å². The van der Waals surface area contributed by atoms with Crippen molar-refractivity contribution < 1.29 is 0 Å². The molecule has 0 fully saturated rings. The molecule has 0 heterocycles. The van der Waals surface area contributed by atoms with Gasteiger partial charge in [0, 0.05) is 5.92 Å². The summed E-state index contributed by atoms with van der Waals surface area (Å²) in [5.74, 6) is 2.48. The molecule has 0 bridgehead atoms. The van der Waals surface area contributed by atoms with Crippen molar-refractivity contribution in [2.75, 3.05) is 0 Å². The van der Waals surface area contributed by atoms with Crippen LogP contribution in [0.4, 0.5) is 0 Å². The molecule has 0 N–H and O–H groups in total. The van der Waals surface area contributed by atoms with Crippen molar-refractivity contribution in [3.8, 4) is 0 Å². The standard InChI is InChI=1S/C10H10/c1-2-8-5-6-9-4-3-7(1)10(8)9/h1-5,7,9-10H,6H2/t7-,9+,10+/m0/s1. The summed E-state index contributed by atoms with van der Waals surface area (Å²) in [5, 5.41) is 0. The van der Waals surface area contributed by atoms with Crippen LogP contribution in [-0.2, 0) is 0 Å². The lowest BCUT2D eigenvalue weighted by Crippen LogP contribution is -2.06. The molecule has 0 aromatic carbocycles. The molecule has 0 saturated carbocycles. The summed E-state index contributed by atoms with van der Waals surface area (Å²) in [6.45, 7) is 0. The second kappa shape index (κ2) is 1.45. The van der Waals surface area contributed by atoms with Crippen molar-refractivity contribution in [3.63, 3.8) is 0 Å². The summed E-state index contributed by atoms with van der Waals surface area (Å²) in [4.78, 5) is 0. The van der Waals surface area contributed by atoms with Gasteiger partial charge in [-0.05, 0) is 23.8 Å². The van der Waals surface area contributed by atoms with Gasteiger partial charge in [0.05, 0.1) is 0 Å². The molecule has 10 heavy (non-hydrogen) atoms. The second-order valence-electron chi connectivity index (χ2n) is 3.45. The zero-order chi connectivity index (χ0) is 6.55. The summed E-state index contributed by atoms with van der Waals surface area (Å²) in [6.07, 6.45) is 13.1. The van der Waals surface area contributed by atoms with Crippen molar-refractivity contribution in [3.05, 3.63) is 36.0 Å².